The van der Waals surface area contributed by atoms with Crippen molar-refractivity contribution in [1.82, 2.24) is 4.98 Å². The van der Waals surface area contributed by atoms with E-state index in [1.807, 2.05) is 11.0 Å². The largest absolute Gasteiger partial charge is 0.380 e. The van der Waals surface area contributed by atoms with Gasteiger partial charge in [-0.25, -0.2) is 13.2 Å². The molecular weight excluding hydrogens is 319 g/mol. The van der Waals surface area contributed by atoms with Crippen molar-refractivity contribution in [3.8, 4) is 0 Å². The van der Waals surface area contributed by atoms with E-state index in [0.29, 0.717) is 38.4 Å². The maximum Gasteiger partial charge on any atom is 0.167 e. The van der Waals surface area contributed by atoms with Gasteiger partial charge in [0.1, 0.15) is 11.5 Å². The average molecular weight is 337 g/mol. The standard InChI is InChI=1S/C17H18F3N3O/c18-13-9-12(1-2-16(13)23-5-7-24-8-6-23)3-4-22-17-14(19)10-21-11-15(17)20/h1-2,9-11H,3-8H2,(H,21,22). The van der Waals surface area contributed by atoms with E-state index < -0.39 is 11.6 Å². The van der Waals surface area contributed by atoms with Crippen LogP contribution in [-0.2, 0) is 11.2 Å². The fourth-order valence-electron chi connectivity index (χ4n) is 2.68. The second kappa shape index (κ2) is 7.53. The SMILES string of the molecule is Fc1cc(CCNc2c(F)cncc2F)ccc1N1CCOCC1. The highest BCUT2D eigenvalue weighted by molar-refractivity contribution is 5.50. The summed E-state index contributed by atoms with van der Waals surface area (Å²) in [4.78, 5) is 5.37. The van der Waals surface area contributed by atoms with E-state index in [1.54, 1.807) is 6.07 Å². The maximum absolute atomic E-state index is 14.3. The topological polar surface area (TPSA) is 37.4 Å². The first kappa shape index (κ1) is 16.6. The van der Waals surface area contributed by atoms with Gasteiger partial charge in [0, 0.05) is 19.6 Å². The van der Waals surface area contributed by atoms with E-state index in [9.17, 15) is 13.2 Å². The third kappa shape index (κ3) is 3.79. The molecule has 1 N–H and O–H groups in total. The number of pyridine rings is 1. The molecule has 0 atom stereocenters. The fraction of sp³-hybridized carbons (Fsp3) is 0.353. The van der Waals surface area contributed by atoms with Gasteiger partial charge in [-0.2, -0.15) is 0 Å². The van der Waals surface area contributed by atoms with Crippen LogP contribution in [0, 0.1) is 17.5 Å². The molecule has 1 saturated heterocycles. The van der Waals surface area contributed by atoms with Crippen LogP contribution in [0.15, 0.2) is 30.6 Å². The Morgan fingerprint density at radius 2 is 1.75 bits per heavy atom. The van der Waals surface area contributed by atoms with E-state index in [0.717, 1.165) is 18.0 Å². The molecule has 7 heteroatoms. The molecule has 2 heterocycles. The van der Waals surface area contributed by atoms with Gasteiger partial charge in [-0.1, -0.05) is 6.07 Å². The number of nitrogens with one attached hydrogen (secondary N) is 1. The van der Waals surface area contributed by atoms with Crippen molar-refractivity contribution in [2.45, 2.75) is 6.42 Å². The van der Waals surface area contributed by atoms with Gasteiger partial charge in [-0.3, -0.25) is 4.98 Å². The summed E-state index contributed by atoms with van der Waals surface area (Å²) in [6.45, 7) is 2.80. The molecule has 0 aliphatic carbocycles. The van der Waals surface area contributed by atoms with Crippen molar-refractivity contribution >= 4 is 11.4 Å². The predicted octanol–water partition coefficient (Wildman–Crippen LogP) is 2.99. The number of benzene rings is 1. The van der Waals surface area contributed by atoms with E-state index in [4.69, 9.17) is 4.74 Å². The van der Waals surface area contributed by atoms with Gasteiger partial charge in [-0.15, -0.1) is 0 Å². The minimum Gasteiger partial charge on any atom is -0.380 e. The number of anilines is 2. The number of nitrogens with zero attached hydrogens (tertiary/aromatic N) is 2. The van der Waals surface area contributed by atoms with Crippen LogP contribution in [0.1, 0.15) is 5.56 Å². The molecule has 1 aliphatic rings. The third-order valence-electron chi connectivity index (χ3n) is 3.93. The van der Waals surface area contributed by atoms with Crippen molar-refractivity contribution < 1.29 is 17.9 Å². The molecule has 0 bridgehead atoms. The van der Waals surface area contributed by atoms with Gasteiger partial charge >= 0.3 is 0 Å². The highest BCUT2D eigenvalue weighted by atomic mass is 19.1. The lowest BCUT2D eigenvalue weighted by atomic mass is 10.1. The zero-order valence-electron chi connectivity index (χ0n) is 13.1. The quantitative estimate of drug-likeness (QED) is 0.910. The smallest absolute Gasteiger partial charge is 0.167 e. The van der Waals surface area contributed by atoms with Crippen molar-refractivity contribution in [2.75, 3.05) is 43.1 Å². The maximum atomic E-state index is 14.3. The van der Waals surface area contributed by atoms with Crippen LogP contribution in [-0.4, -0.2) is 37.8 Å². The first-order valence-electron chi connectivity index (χ1n) is 7.79. The Bertz CT molecular complexity index is 685. The van der Waals surface area contributed by atoms with E-state index in [2.05, 4.69) is 10.3 Å². The Balaban J connectivity index is 1.61. The zero-order valence-corrected chi connectivity index (χ0v) is 13.1. The van der Waals surface area contributed by atoms with Crippen molar-refractivity contribution in [2.24, 2.45) is 0 Å². The first-order valence-corrected chi connectivity index (χ1v) is 7.79. The molecule has 1 fully saturated rings. The molecule has 0 amide bonds. The van der Waals surface area contributed by atoms with Gasteiger partial charge in [0.2, 0.25) is 0 Å². The lowest BCUT2D eigenvalue weighted by Gasteiger charge is -2.29. The number of morpholine rings is 1. The van der Waals surface area contributed by atoms with Crippen molar-refractivity contribution in [3.05, 3.63) is 53.6 Å². The summed E-state index contributed by atoms with van der Waals surface area (Å²) in [5.41, 5.74) is 1.10. The Kier molecular flexibility index (Phi) is 5.20. The summed E-state index contributed by atoms with van der Waals surface area (Å²) in [5, 5.41) is 2.69. The molecule has 0 unspecified atom stereocenters. The van der Waals surface area contributed by atoms with Gasteiger partial charge in [-0.05, 0) is 24.1 Å². The summed E-state index contributed by atoms with van der Waals surface area (Å²) < 4.78 is 46.5. The van der Waals surface area contributed by atoms with E-state index in [1.165, 1.54) is 6.07 Å². The van der Waals surface area contributed by atoms with Crippen LogP contribution in [0.4, 0.5) is 24.5 Å². The monoisotopic (exact) mass is 337 g/mol. The van der Waals surface area contributed by atoms with Crippen LogP contribution in [0.3, 0.4) is 0 Å². The second-order valence-electron chi connectivity index (χ2n) is 5.54. The van der Waals surface area contributed by atoms with Crippen LogP contribution in [0.25, 0.3) is 0 Å². The first-order chi connectivity index (χ1) is 11.6. The molecule has 1 aliphatic heterocycles. The van der Waals surface area contributed by atoms with Crippen molar-refractivity contribution in [1.29, 1.82) is 0 Å². The summed E-state index contributed by atoms with van der Waals surface area (Å²) >= 11 is 0. The minimum absolute atomic E-state index is 0.213. The normalized spacial score (nSPS) is 14.7. The van der Waals surface area contributed by atoms with Gasteiger partial charge in [0.25, 0.3) is 0 Å². The second-order valence-corrected chi connectivity index (χ2v) is 5.54. The summed E-state index contributed by atoms with van der Waals surface area (Å²) in [6, 6.07) is 5.03. The zero-order chi connectivity index (χ0) is 16.9. The number of halogens is 3. The van der Waals surface area contributed by atoms with Gasteiger partial charge in [0.15, 0.2) is 11.6 Å². The fourth-order valence-corrected chi connectivity index (χ4v) is 2.68. The van der Waals surface area contributed by atoms with Crippen LogP contribution >= 0.6 is 0 Å². The summed E-state index contributed by atoms with van der Waals surface area (Å²) in [7, 11) is 0. The average Bonchev–Trinajstić information content (AvgIpc) is 2.58. The molecule has 0 radical (unpaired) electrons. The number of hydrogen-bond acceptors (Lipinski definition) is 4. The summed E-state index contributed by atoms with van der Waals surface area (Å²) in [6.07, 6.45) is 2.34. The summed E-state index contributed by atoms with van der Waals surface area (Å²) in [5.74, 6) is -1.79. The lowest BCUT2D eigenvalue weighted by Crippen LogP contribution is -2.36. The molecule has 0 spiro atoms. The van der Waals surface area contributed by atoms with E-state index in [-0.39, 0.29) is 18.0 Å². The highest BCUT2D eigenvalue weighted by Gasteiger charge is 2.15. The molecule has 3 rings (SSSR count). The lowest BCUT2D eigenvalue weighted by molar-refractivity contribution is 0.122. The van der Waals surface area contributed by atoms with Crippen LogP contribution < -0.4 is 10.2 Å². The predicted molar refractivity (Wildman–Crippen MR) is 85.8 cm³/mol. The number of hydrogen-bond donors (Lipinski definition) is 1. The van der Waals surface area contributed by atoms with E-state index >= 15 is 0 Å². The Morgan fingerprint density at radius 3 is 2.42 bits per heavy atom. The molecule has 1 aromatic heterocycles. The number of rotatable bonds is 5. The van der Waals surface area contributed by atoms with Gasteiger partial charge < -0.3 is 15.0 Å². The molecular formula is C17H18F3N3O. The number of aromatic nitrogens is 1. The van der Waals surface area contributed by atoms with Crippen molar-refractivity contribution in [3.63, 3.8) is 0 Å². The highest BCUT2D eigenvalue weighted by Crippen LogP contribution is 2.22. The molecule has 1 aromatic carbocycles. The minimum atomic E-state index is -0.746. The molecule has 128 valence electrons. The van der Waals surface area contributed by atoms with Crippen LogP contribution in [0.2, 0.25) is 0 Å². The van der Waals surface area contributed by atoms with Gasteiger partial charge in [0.05, 0.1) is 31.3 Å². The van der Waals surface area contributed by atoms with Crippen LogP contribution in [0.5, 0.6) is 0 Å². The number of ether oxygens (including phenoxy) is 1. The Labute approximate surface area is 138 Å². The molecule has 4 nitrogen and oxygen atoms in total. The molecule has 24 heavy (non-hydrogen) atoms. The molecule has 2 aromatic rings. The third-order valence-corrected chi connectivity index (χ3v) is 3.93. The molecule has 0 saturated carbocycles. The Hall–Kier alpha value is -2.28. The Morgan fingerprint density at radius 1 is 1.04 bits per heavy atom.